The lowest BCUT2D eigenvalue weighted by molar-refractivity contribution is -0.117. The van der Waals surface area contributed by atoms with Crippen LogP contribution in [0.3, 0.4) is 0 Å². The molecule has 1 N–H and O–H groups in total. The van der Waals surface area contributed by atoms with Gasteiger partial charge in [-0.1, -0.05) is 29.8 Å². The molecule has 5 heteroatoms. The molecule has 0 saturated carbocycles. The third-order valence-corrected chi connectivity index (χ3v) is 4.11. The quantitative estimate of drug-likeness (QED) is 0.784. The van der Waals surface area contributed by atoms with Gasteiger partial charge < -0.3 is 15.0 Å². The first-order valence-corrected chi connectivity index (χ1v) is 9.19. The van der Waals surface area contributed by atoms with Gasteiger partial charge in [-0.2, -0.15) is 0 Å². The number of hydrogen-bond acceptors (Lipinski definition) is 3. The molecule has 0 fully saturated rings. The summed E-state index contributed by atoms with van der Waals surface area (Å²) >= 11 is 0. The number of nitrogens with zero attached hydrogens (tertiary/aromatic N) is 1. The van der Waals surface area contributed by atoms with Crippen molar-refractivity contribution in [2.24, 2.45) is 0 Å². The number of hydrogen-bond donors (Lipinski definition) is 1. The van der Waals surface area contributed by atoms with Gasteiger partial charge in [0.1, 0.15) is 5.75 Å². The predicted octanol–water partition coefficient (Wildman–Crippen LogP) is 4.47. The van der Waals surface area contributed by atoms with Crippen LogP contribution >= 0.6 is 0 Å². The number of nitrogens with one attached hydrogen (secondary N) is 1. The Morgan fingerprint density at radius 2 is 1.81 bits per heavy atom. The molecule has 2 aromatic carbocycles. The monoisotopic (exact) mass is 368 g/mol. The number of amides is 2. The van der Waals surface area contributed by atoms with Gasteiger partial charge in [0.25, 0.3) is 0 Å². The second-order valence-electron chi connectivity index (χ2n) is 6.92. The second kappa shape index (κ2) is 9.21. The zero-order valence-electron chi connectivity index (χ0n) is 16.7. The average Bonchev–Trinajstić information content (AvgIpc) is 2.57. The van der Waals surface area contributed by atoms with Crippen LogP contribution in [0.25, 0.3) is 0 Å². The molecular formula is C22H28N2O3. The summed E-state index contributed by atoms with van der Waals surface area (Å²) in [5.74, 6) is 0.391. The highest BCUT2D eigenvalue weighted by molar-refractivity contribution is 5.95. The molecule has 0 bridgehead atoms. The molecular weight excluding hydrogens is 340 g/mol. The van der Waals surface area contributed by atoms with Gasteiger partial charge in [-0.3, -0.25) is 9.59 Å². The van der Waals surface area contributed by atoms with Crippen LogP contribution in [0.5, 0.6) is 5.75 Å². The topological polar surface area (TPSA) is 58.6 Å². The van der Waals surface area contributed by atoms with Gasteiger partial charge >= 0.3 is 0 Å². The van der Waals surface area contributed by atoms with Gasteiger partial charge in [0.2, 0.25) is 11.8 Å². The van der Waals surface area contributed by atoms with Crippen LogP contribution in [0, 0.1) is 13.8 Å². The number of rotatable bonds is 7. The zero-order chi connectivity index (χ0) is 20.0. The van der Waals surface area contributed by atoms with E-state index in [-0.39, 0.29) is 24.3 Å². The summed E-state index contributed by atoms with van der Waals surface area (Å²) in [6.07, 6.45) is 0.212. The first-order chi connectivity index (χ1) is 12.8. The van der Waals surface area contributed by atoms with Crippen molar-refractivity contribution in [3.63, 3.8) is 0 Å². The van der Waals surface area contributed by atoms with E-state index in [1.807, 2.05) is 70.2 Å². The lowest BCUT2D eigenvalue weighted by Crippen LogP contribution is -2.32. The van der Waals surface area contributed by atoms with Crippen LogP contribution in [0.2, 0.25) is 0 Å². The fourth-order valence-electron chi connectivity index (χ4n) is 2.91. The molecule has 0 aliphatic carbocycles. The number of anilines is 2. The normalized spacial score (nSPS) is 10.6. The molecule has 0 aliphatic rings. The van der Waals surface area contributed by atoms with Gasteiger partial charge in [-0.05, 0) is 51.5 Å². The Kier molecular flexibility index (Phi) is 6.99. The van der Waals surface area contributed by atoms with Gasteiger partial charge in [0.15, 0.2) is 0 Å². The maximum atomic E-state index is 12.4. The summed E-state index contributed by atoms with van der Waals surface area (Å²) < 4.78 is 5.73. The molecule has 2 aromatic rings. The Bertz CT molecular complexity index is 815. The smallest absolute Gasteiger partial charge is 0.226 e. The largest absolute Gasteiger partial charge is 0.489 e. The van der Waals surface area contributed by atoms with E-state index in [1.54, 1.807) is 4.90 Å². The number of para-hydroxylation sites is 2. The van der Waals surface area contributed by atoms with Crippen LogP contribution in [0.4, 0.5) is 11.4 Å². The Balaban J connectivity index is 2.06. The van der Waals surface area contributed by atoms with Gasteiger partial charge in [-0.15, -0.1) is 0 Å². The van der Waals surface area contributed by atoms with E-state index in [4.69, 9.17) is 4.74 Å². The fourth-order valence-corrected chi connectivity index (χ4v) is 2.91. The molecule has 0 aromatic heterocycles. The minimum atomic E-state index is -0.161. The van der Waals surface area contributed by atoms with E-state index in [1.165, 1.54) is 6.92 Å². The minimum Gasteiger partial charge on any atom is -0.489 e. The van der Waals surface area contributed by atoms with Crippen LogP contribution < -0.4 is 15.0 Å². The Labute approximate surface area is 161 Å². The van der Waals surface area contributed by atoms with Crippen molar-refractivity contribution < 1.29 is 14.3 Å². The Morgan fingerprint density at radius 3 is 2.44 bits per heavy atom. The standard InChI is InChI=1S/C22H28N2O3/c1-15(2)27-21-9-7-6-8-19(21)23-22(26)12-13-24(18(5)25)20-11-10-16(3)14-17(20)4/h6-11,14-15H,12-13H2,1-5H3,(H,23,26). The lowest BCUT2D eigenvalue weighted by atomic mass is 10.1. The summed E-state index contributed by atoms with van der Waals surface area (Å²) in [4.78, 5) is 26.2. The highest BCUT2D eigenvalue weighted by Crippen LogP contribution is 2.25. The molecule has 2 amide bonds. The number of benzene rings is 2. The van der Waals surface area contributed by atoms with Gasteiger partial charge in [0.05, 0.1) is 11.8 Å². The SMILES string of the molecule is CC(=O)N(CCC(=O)Nc1ccccc1OC(C)C)c1ccc(C)cc1C. The van der Waals surface area contributed by atoms with Crippen molar-refractivity contribution in [1.29, 1.82) is 0 Å². The molecule has 27 heavy (non-hydrogen) atoms. The number of ether oxygens (including phenoxy) is 1. The van der Waals surface area contributed by atoms with Crippen LogP contribution in [0.1, 0.15) is 38.3 Å². The lowest BCUT2D eigenvalue weighted by Gasteiger charge is -2.23. The third kappa shape index (κ3) is 5.84. The Morgan fingerprint density at radius 1 is 1.11 bits per heavy atom. The summed E-state index contributed by atoms with van der Waals surface area (Å²) in [7, 11) is 0. The fraction of sp³-hybridized carbons (Fsp3) is 0.364. The van der Waals surface area contributed by atoms with Crippen molar-refractivity contribution in [2.45, 2.75) is 47.1 Å². The van der Waals surface area contributed by atoms with Crippen molar-refractivity contribution in [3.8, 4) is 5.75 Å². The number of carbonyl (C=O) groups is 2. The van der Waals surface area contributed by atoms with Crippen molar-refractivity contribution in [2.75, 3.05) is 16.8 Å². The van der Waals surface area contributed by atoms with E-state index >= 15 is 0 Å². The van der Waals surface area contributed by atoms with Crippen molar-refractivity contribution >= 4 is 23.2 Å². The maximum Gasteiger partial charge on any atom is 0.226 e. The second-order valence-corrected chi connectivity index (χ2v) is 6.92. The molecule has 144 valence electrons. The summed E-state index contributed by atoms with van der Waals surface area (Å²) in [5, 5.41) is 2.88. The van der Waals surface area contributed by atoms with Crippen LogP contribution in [-0.4, -0.2) is 24.5 Å². The highest BCUT2D eigenvalue weighted by atomic mass is 16.5. The molecule has 0 saturated heterocycles. The highest BCUT2D eigenvalue weighted by Gasteiger charge is 2.16. The maximum absolute atomic E-state index is 12.4. The first-order valence-electron chi connectivity index (χ1n) is 9.19. The Hall–Kier alpha value is -2.82. The number of carbonyl (C=O) groups excluding carboxylic acids is 2. The van der Waals surface area contributed by atoms with E-state index in [9.17, 15) is 9.59 Å². The summed E-state index contributed by atoms with van der Waals surface area (Å²) in [5.41, 5.74) is 3.63. The zero-order valence-corrected chi connectivity index (χ0v) is 16.7. The molecule has 0 heterocycles. The van der Waals surface area contributed by atoms with Crippen molar-refractivity contribution in [3.05, 3.63) is 53.6 Å². The van der Waals surface area contributed by atoms with E-state index in [0.717, 1.165) is 16.8 Å². The molecule has 0 radical (unpaired) electrons. The van der Waals surface area contributed by atoms with E-state index < -0.39 is 0 Å². The summed E-state index contributed by atoms with van der Waals surface area (Å²) in [6, 6.07) is 13.3. The molecule has 0 atom stereocenters. The number of aryl methyl sites for hydroxylation is 2. The first kappa shape index (κ1) is 20.5. The molecule has 2 rings (SSSR count). The minimum absolute atomic E-state index is 0.0146. The molecule has 0 unspecified atom stereocenters. The molecule has 5 nitrogen and oxygen atoms in total. The predicted molar refractivity (Wildman–Crippen MR) is 109 cm³/mol. The van der Waals surface area contributed by atoms with Crippen molar-refractivity contribution in [1.82, 2.24) is 0 Å². The van der Waals surface area contributed by atoms with Gasteiger partial charge in [-0.25, -0.2) is 0 Å². The average molecular weight is 368 g/mol. The van der Waals surface area contributed by atoms with Gasteiger partial charge in [0, 0.05) is 25.6 Å². The van der Waals surface area contributed by atoms with Crippen LogP contribution in [-0.2, 0) is 9.59 Å². The molecule has 0 aliphatic heterocycles. The molecule has 0 spiro atoms. The van der Waals surface area contributed by atoms with E-state index in [2.05, 4.69) is 5.32 Å². The third-order valence-electron chi connectivity index (χ3n) is 4.11. The van der Waals surface area contributed by atoms with E-state index in [0.29, 0.717) is 18.0 Å². The van der Waals surface area contributed by atoms with Crippen LogP contribution in [0.15, 0.2) is 42.5 Å². The summed E-state index contributed by atoms with van der Waals surface area (Å²) in [6.45, 7) is 9.69.